The van der Waals surface area contributed by atoms with Crippen molar-refractivity contribution in [3.63, 3.8) is 0 Å². The Balaban J connectivity index is 4.71. The van der Waals surface area contributed by atoms with Crippen molar-refractivity contribution in [2.75, 3.05) is 24.1 Å². The second-order valence-electron chi connectivity index (χ2n) is 2.55. The van der Waals surface area contributed by atoms with E-state index in [0.29, 0.717) is 9.32 Å². The monoisotopic (exact) mass is 284 g/mol. The van der Waals surface area contributed by atoms with E-state index in [-0.39, 0.29) is 12.1 Å². The third kappa shape index (κ3) is 6.23. The molecule has 0 aliphatic carbocycles. The summed E-state index contributed by atoms with van der Waals surface area (Å²) in [6, 6.07) is 0. The maximum Gasteiger partial charge on any atom is 0.272 e. The largest absolute Gasteiger partial charge is 0.272 e. The highest BCUT2D eigenvalue weighted by molar-refractivity contribution is 8.27. The zero-order chi connectivity index (χ0) is 12.6. The van der Waals surface area contributed by atoms with Gasteiger partial charge in [-0.25, -0.2) is 0 Å². The van der Waals surface area contributed by atoms with Gasteiger partial charge in [0.1, 0.15) is 10.7 Å². The molecule has 0 rings (SSSR count). The smallest absolute Gasteiger partial charge is 0.265 e. The van der Waals surface area contributed by atoms with Crippen LogP contribution in [0.2, 0.25) is 0 Å². The Morgan fingerprint density at radius 1 is 1.25 bits per heavy atom. The van der Waals surface area contributed by atoms with Crippen molar-refractivity contribution in [1.82, 2.24) is 0 Å². The predicted molar refractivity (Wildman–Crippen MR) is 70.0 cm³/mol. The predicted octanol–water partition coefficient (Wildman–Crippen LogP) is 2.52. The van der Waals surface area contributed by atoms with Crippen LogP contribution in [-0.4, -0.2) is 34.0 Å². The van der Waals surface area contributed by atoms with E-state index in [4.69, 9.17) is 0 Å². The number of thioether (sulfide) groups is 3. The summed E-state index contributed by atoms with van der Waals surface area (Å²) in [6.07, 6.45) is 3.50. The van der Waals surface area contributed by atoms with E-state index >= 15 is 0 Å². The summed E-state index contributed by atoms with van der Waals surface area (Å²) in [5, 5.41) is 21.7. The molecule has 0 aromatic carbocycles. The third-order valence-electron chi connectivity index (χ3n) is 1.48. The SMILES string of the molecule is CSCSC(SC)=C(CC[N+](=O)[O-])[N+](=O)[O-]. The Kier molecular flexibility index (Phi) is 8.49. The molecule has 9 heteroatoms. The van der Waals surface area contributed by atoms with E-state index in [1.807, 2.05) is 6.26 Å². The number of hydrogen-bond acceptors (Lipinski definition) is 7. The van der Waals surface area contributed by atoms with E-state index < -0.39 is 16.4 Å². The Labute approximate surface area is 106 Å². The van der Waals surface area contributed by atoms with Crippen LogP contribution in [0.1, 0.15) is 6.42 Å². The lowest BCUT2D eigenvalue weighted by molar-refractivity contribution is -0.490. The fourth-order valence-electron chi connectivity index (χ4n) is 0.838. The lowest BCUT2D eigenvalue weighted by Crippen LogP contribution is -2.08. The van der Waals surface area contributed by atoms with Crippen LogP contribution in [0.3, 0.4) is 0 Å². The molecular formula is C7H12N2O4S3. The van der Waals surface area contributed by atoms with Crippen LogP contribution in [-0.2, 0) is 0 Å². The Hall–Kier alpha value is -0.410. The van der Waals surface area contributed by atoms with Crippen molar-refractivity contribution >= 4 is 35.3 Å². The molecule has 92 valence electrons. The summed E-state index contributed by atoms with van der Waals surface area (Å²) in [4.78, 5) is 19.9. The number of nitrogens with zero attached hydrogens (tertiary/aromatic N) is 2. The highest BCUT2D eigenvalue weighted by Crippen LogP contribution is 2.33. The van der Waals surface area contributed by atoms with Gasteiger partial charge in [0.2, 0.25) is 6.54 Å². The molecule has 6 nitrogen and oxygen atoms in total. The van der Waals surface area contributed by atoms with Crippen molar-refractivity contribution in [2.45, 2.75) is 6.42 Å². The molecule has 0 saturated heterocycles. The minimum Gasteiger partial charge on any atom is -0.265 e. The Morgan fingerprint density at radius 2 is 1.88 bits per heavy atom. The molecule has 0 aromatic rings. The average Bonchev–Trinajstić information content (AvgIpc) is 2.21. The van der Waals surface area contributed by atoms with E-state index in [1.54, 1.807) is 18.0 Å². The van der Waals surface area contributed by atoms with Crippen LogP contribution in [0, 0.1) is 20.2 Å². The van der Waals surface area contributed by atoms with E-state index in [9.17, 15) is 20.2 Å². The molecule has 0 bridgehead atoms. The summed E-state index contributed by atoms with van der Waals surface area (Å²) < 4.78 is 0.557. The van der Waals surface area contributed by atoms with Gasteiger partial charge in [0.05, 0.1) is 4.92 Å². The summed E-state index contributed by atoms with van der Waals surface area (Å²) in [7, 11) is 0. The molecule has 0 heterocycles. The molecule has 0 fully saturated rings. The first kappa shape index (κ1) is 15.6. The number of rotatable bonds is 8. The molecule has 0 amide bonds. The molecule has 0 atom stereocenters. The van der Waals surface area contributed by atoms with Gasteiger partial charge < -0.3 is 0 Å². The van der Waals surface area contributed by atoms with Crippen LogP contribution in [0.4, 0.5) is 0 Å². The van der Waals surface area contributed by atoms with Crippen molar-refractivity contribution in [3.05, 3.63) is 30.2 Å². The number of hydrogen-bond donors (Lipinski definition) is 0. The van der Waals surface area contributed by atoms with E-state index in [0.717, 1.165) is 0 Å². The fraction of sp³-hybridized carbons (Fsp3) is 0.714. The first-order chi connectivity index (χ1) is 7.52. The third-order valence-corrected chi connectivity index (χ3v) is 4.85. The van der Waals surface area contributed by atoms with Gasteiger partial charge in [0, 0.05) is 10.0 Å². The minimum absolute atomic E-state index is 0.0525. The quantitative estimate of drug-likeness (QED) is 0.384. The second-order valence-corrected chi connectivity index (χ2v) is 5.84. The Bertz CT molecular complexity index is 295. The van der Waals surface area contributed by atoms with Gasteiger partial charge in [-0.05, 0) is 12.5 Å². The molecule has 16 heavy (non-hydrogen) atoms. The molecular weight excluding hydrogens is 272 g/mol. The fourth-order valence-corrected chi connectivity index (χ4v) is 3.40. The summed E-state index contributed by atoms with van der Waals surface area (Å²) in [5.74, 6) is 0. The number of nitro groups is 2. The first-order valence-electron chi connectivity index (χ1n) is 4.18. The average molecular weight is 284 g/mol. The van der Waals surface area contributed by atoms with Gasteiger partial charge in [0.25, 0.3) is 5.70 Å². The molecule has 0 aliphatic rings. The van der Waals surface area contributed by atoms with Crippen LogP contribution in [0.15, 0.2) is 9.93 Å². The van der Waals surface area contributed by atoms with Crippen molar-refractivity contribution in [2.24, 2.45) is 0 Å². The van der Waals surface area contributed by atoms with Gasteiger partial charge in [0.15, 0.2) is 0 Å². The van der Waals surface area contributed by atoms with Crippen LogP contribution in [0.25, 0.3) is 0 Å². The van der Waals surface area contributed by atoms with E-state index in [2.05, 4.69) is 0 Å². The summed E-state index contributed by atoms with van der Waals surface area (Å²) in [5.41, 5.74) is -0.0525. The maximum atomic E-state index is 10.8. The van der Waals surface area contributed by atoms with Gasteiger partial charge in [-0.3, -0.25) is 20.2 Å². The van der Waals surface area contributed by atoms with Crippen LogP contribution < -0.4 is 0 Å². The molecule has 0 aromatic heterocycles. The Morgan fingerprint density at radius 3 is 2.25 bits per heavy atom. The summed E-state index contributed by atoms with van der Waals surface area (Å²) in [6.45, 7) is -0.403. The minimum atomic E-state index is -0.541. The van der Waals surface area contributed by atoms with Gasteiger partial charge in [-0.2, -0.15) is 11.8 Å². The first-order valence-corrected chi connectivity index (χ1v) is 7.78. The van der Waals surface area contributed by atoms with Gasteiger partial charge >= 0.3 is 0 Å². The topological polar surface area (TPSA) is 86.3 Å². The standard InChI is InChI=1S/C7H12N2O4S3/c1-14-5-16-7(15-2)6(9(12)13)3-4-8(10)11/h3-5H2,1-2H3. The lowest BCUT2D eigenvalue weighted by Gasteiger charge is -2.03. The molecule has 0 unspecified atom stereocenters. The summed E-state index contributed by atoms with van der Waals surface area (Å²) >= 11 is 4.17. The van der Waals surface area contributed by atoms with Crippen molar-refractivity contribution in [1.29, 1.82) is 0 Å². The van der Waals surface area contributed by atoms with Gasteiger partial charge in [-0.15, -0.1) is 23.5 Å². The lowest BCUT2D eigenvalue weighted by atomic mass is 10.3. The molecule has 0 saturated carbocycles. The van der Waals surface area contributed by atoms with Gasteiger partial charge in [-0.1, -0.05) is 0 Å². The van der Waals surface area contributed by atoms with Crippen LogP contribution >= 0.6 is 35.3 Å². The molecule has 0 N–H and O–H groups in total. The zero-order valence-electron chi connectivity index (χ0n) is 8.87. The second kappa shape index (κ2) is 8.71. The highest BCUT2D eigenvalue weighted by atomic mass is 32.2. The molecule has 0 spiro atoms. The van der Waals surface area contributed by atoms with E-state index in [1.165, 1.54) is 23.5 Å². The maximum absolute atomic E-state index is 10.8. The normalized spacial score (nSPS) is 12.1. The van der Waals surface area contributed by atoms with Crippen molar-refractivity contribution in [3.8, 4) is 0 Å². The molecule has 0 aliphatic heterocycles. The highest BCUT2D eigenvalue weighted by Gasteiger charge is 2.20. The van der Waals surface area contributed by atoms with Crippen LogP contribution in [0.5, 0.6) is 0 Å². The zero-order valence-corrected chi connectivity index (χ0v) is 11.3. The van der Waals surface area contributed by atoms with Crippen molar-refractivity contribution < 1.29 is 9.85 Å². The molecule has 0 radical (unpaired) electrons.